The first-order chi connectivity index (χ1) is 13.2. The minimum atomic E-state index is 0.452. The van der Waals surface area contributed by atoms with Gasteiger partial charge in [0.15, 0.2) is 11.5 Å². The highest BCUT2D eigenvalue weighted by atomic mass is 32.1. The van der Waals surface area contributed by atoms with E-state index in [1.165, 1.54) is 11.3 Å². The van der Waals surface area contributed by atoms with E-state index in [1.54, 1.807) is 39.5 Å². The SMILES string of the molecule is COc1cc(OC)c(OC)cc1C=C(C#N)c1nc(-c2ccccc2)cs1. The molecule has 0 saturated heterocycles. The zero-order valence-electron chi connectivity index (χ0n) is 15.2. The van der Waals surface area contributed by atoms with Gasteiger partial charge in [0.1, 0.15) is 16.8 Å². The summed E-state index contributed by atoms with van der Waals surface area (Å²) >= 11 is 1.43. The Bertz CT molecular complexity index is 1000. The summed E-state index contributed by atoms with van der Waals surface area (Å²) in [6, 6.07) is 15.6. The van der Waals surface area contributed by atoms with Gasteiger partial charge >= 0.3 is 0 Å². The highest BCUT2D eigenvalue weighted by Crippen LogP contribution is 2.37. The number of hydrogen-bond donors (Lipinski definition) is 0. The van der Waals surface area contributed by atoms with Gasteiger partial charge in [-0.15, -0.1) is 11.3 Å². The van der Waals surface area contributed by atoms with E-state index in [4.69, 9.17) is 14.2 Å². The lowest BCUT2D eigenvalue weighted by molar-refractivity contribution is 0.348. The molecular formula is C21H18N2O3S. The smallest absolute Gasteiger partial charge is 0.164 e. The zero-order valence-corrected chi connectivity index (χ0v) is 16.0. The molecule has 2 aromatic carbocycles. The number of methoxy groups -OCH3 is 3. The molecule has 0 radical (unpaired) electrons. The van der Waals surface area contributed by atoms with Gasteiger partial charge in [-0.2, -0.15) is 5.26 Å². The number of thiazole rings is 1. The van der Waals surface area contributed by atoms with Crippen LogP contribution in [-0.2, 0) is 0 Å². The molecule has 27 heavy (non-hydrogen) atoms. The summed E-state index contributed by atoms with van der Waals surface area (Å²) in [5.74, 6) is 1.71. The highest BCUT2D eigenvalue weighted by molar-refractivity contribution is 7.11. The fourth-order valence-corrected chi connectivity index (χ4v) is 3.40. The lowest BCUT2D eigenvalue weighted by Gasteiger charge is -2.12. The van der Waals surface area contributed by atoms with Crippen LogP contribution in [0.15, 0.2) is 47.8 Å². The molecule has 0 fully saturated rings. The van der Waals surface area contributed by atoms with Crippen molar-refractivity contribution >= 4 is 23.0 Å². The molecular weight excluding hydrogens is 360 g/mol. The first-order valence-corrected chi connectivity index (χ1v) is 9.01. The summed E-state index contributed by atoms with van der Waals surface area (Å²) in [5, 5.41) is 12.3. The number of ether oxygens (including phenoxy) is 3. The van der Waals surface area contributed by atoms with Crippen LogP contribution >= 0.6 is 11.3 Å². The molecule has 0 atom stereocenters. The summed E-state index contributed by atoms with van der Waals surface area (Å²) in [5.41, 5.74) is 3.02. The van der Waals surface area contributed by atoms with E-state index in [2.05, 4.69) is 11.1 Å². The number of benzene rings is 2. The number of rotatable bonds is 6. The Morgan fingerprint density at radius 3 is 2.30 bits per heavy atom. The third-order valence-corrected chi connectivity index (χ3v) is 4.84. The lowest BCUT2D eigenvalue weighted by atomic mass is 10.1. The monoisotopic (exact) mass is 378 g/mol. The molecule has 0 bridgehead atoms. The van der Waals surface area contributed by atoms with Crippen molar-refractivity contribution in [2.75, 3.05) is 21.3 Å². The summed E-state index contributed by atoms with van der Waals surface area (Å²) in [6.07, 6.45) is 1.74. The topological polar surface area (TPSA) is 64.4 Å². The first-order valence-electron chi connectivity index (χ1n) is 8.13. The highest BCUT2D eigenvalue weighted by Gasteiger charge is 2.14. The molecule has 3 aromatic rings. The van der Waals surface area contributed by atoms with Crippen LogP contribution in [0.3, 0.4) is 0 Å². The lowest BCUT2D eigenvalue weighted by Crippen LogP contribution is -1.95. The maximum atomic E-state index is 9.66. The molecule has 5 nitrogen and oxygen atoms in total. The Morgan fingerprint density at radius 1 is 1.00 bits per heavy atom. The van der Waals surface area contributed by atoms with Crippen molar-refractivity contribution in [3.63, 3.8) is 0 Å². The Kier molecular flexibility index (Phi) is 5.74. The zero-order chi connectivity index (χ0) is 19.2. The van der Waals surface area contributed by atoms with Gasteiger partial charge in [0.05, 0.1) is 32.6 Å². The van der Waals surface area contributed by atoms with Gasteiger partial charge in [-0.05, 0) is 12.1 Å². The molecule has 1 aromatic heterocycles. The average Bonchev–Trinajstić information content (AvgIpc) is 3.22. The maximum absolute atomic E-state index is 9.66. The minimum Gasteiger partial charge on any atom is -0.496 e. The third-order valence-electron chi connectivity index (χ3n) is 3.96. The quantitative estimate of drug-likeness (QED) is 0.571. The predicted molar refractivity (Wildman–Crippen MR) is 107 cm³/mol. The molecule has 6 heteroatoms. The van der Waals surface area contributed by atoms with Crippen LogP contribution in [0.1, 0.15) is 10.6 Å². The van der Waals surface area contributed by atoms with E-state index >= 15 is 0 Å². The molecule has 3 rings (SSSR count). The van der Waals surface area contributed by atoms with E-state index in [-0.39, 0.29) is 0 Å². The largest absolute Gasteiger partial charge is 0.496 e. The van der Waals surface area contributed by atoms with Gasteiger partial charge < -0.3 is 14.2 Å². The second-order valence-corrected chi connectivity index (χ2v) is 6.38. The van der Waals surface area contributed by atoms with Crippen molar-refractivity contribution < 1.29 is 14.2 Å². The third kappa shape index (κ3) is 3.94. The molecule has 0 saturated carbocycles. The van der Waals surface area contributed by atoms with Crippen LogP contribution in [0, 0.1) is 11.3 Å². The Hall–Kier alpha value is -3.30. The van der Waals surface area contributed by atoms with Crippen molar-refractivity contribution in [3.8, 4) is 34.6 Å². The van der Waals surface area contributed by atoms with Crippen LogP contribution in [0.25, 0.3) is 22.9 Å². The number of nitrogens with zero attached hydrogens (tertiary/aromatic N) is 2. The predicted octanol–water partition coefficient (Wildman–Crippen LogP) is 4.90. The Labute approximate surface area is 162 Å². The van der Waals surface area contributed by atoms with Crippen molar-refractivity contribution in [2.45, 2.75) is 0 Å². The summed E-state index contributed by atoms with van der Waals surface area (Å²) in [6.45, 7) is 0. The summed E-state index contributed by atoms with van der Waals surface area (Å²) in [7, 11) is 4.70. The molecule has 1 heterocycles. The Morgan fingerprint density at radius 2 is 1.67 bits per heavy atom. The van der Waals surface area contributed by atoms with E-state index < -0.39 is 0 Å². The molecule has 0 aliphatic heterocycles. The number of allylic oxidation sites excluding steroid dienone is 1. The summed E-state index contributed by atoms with van der Waals surface area (Å²) < 4.78 is 16.1. The molecule has 0 spiro atoms. The van der Waals surface area contributed by atoms with Crippen molar-refractivity contribution in [1.82, 2.24) is 4.98 Å². The van der Waals surface area contributed by atoms with E-state index in [0.29, 0.717) is 33.4 Å². The van der Waals surface area contributed by atoms with Crippen molar-refractivity contribution in [3.05, 3.63) is 58.4 Å². The standard InChI is InChI=1S/C21H18N2O3S/c1-24-18-11-20(26-3)19(25-2)10-15(18)9-16(12-22)21-23-17(13-27-21)14-7-5-4-6-8-14/h4-11,13H,1-3H3. The van der Waals surface area contributed by atoms with Gasteiger partial charge in [0.25, 0.3) is 0 Å². The van der Waals surface area contributed by atoms with Crippen molar-refractivity contribution in [1.29, 1.82) is 5.26 Å². The molecule has 0 N–H and O–H groups in total. The van der Waals surface area contributed by atoms with Crippen LogP contribution in [0.5, 0.6) is 17.2 Å². The Balaban J connectivity index is 2.03. The second-order valence-electron chi connectivity index (χ2n) is 5.52. The fraction of sp³-hybridized carbons (Fsp3) is 0.143. The molecule has 0 unspecified atom stereocenters. The molecule has 0 aliphatic carbocycles. The fourth-order valence-electron chi connectivity index (χ4n) is 2.60. The normalized spacial score (nSPS) is 11.0. The van der Waals surface area contributed by atoms with Crippen LogP contribution in [-0.4, -0.2) is 26.3 Å². The average molecular weight is 378 g/mol. The summed E-state index contributed by atoms with van der Waals surface area (Å²) in [4.78, 5) is 4.61. The molecule has 0 aliphatic rings. The number of hydrogen-bond acceptors (Lipinski definition) is 6. The van der Waals surface area contributed by atoms with Gasteiger partial charge in [0, 0.05) is 22.6 Å². The van der Waals surface area contributed by atoms with Gasteiger partial charge in [0.2, 0.25) is 0 Å². The number of aromatic nitrogens is 1. The van der Waals surface area contributed by atoms with Crippen LogP contribution in [0.2, 0.25) is 0 Å². The first kappa shape index (κ1) is 18.5. The van der Waals surface area contributed by atoms with E-state index in [0.717, 1.165) is 11.3 Å². The maximum Gasteiger partial charge on any atom is 0.164 e. The van der Waals surface area contributed by atoms with Crippen LogP contribution < -0.4 is 14.2 Å². The van der Waals surface area contributed by atoms with Gasteiger partial charge in [-0.1, -0.05) is 30.3 Å². The molecule has 0 amide bonds. The van der Waals surface area contributed by atoms with Gasteiger partial charge in [-0.25, -0.2) is 4.98 Å². The van der Waals surface area contributed by atoms with Crippen LogP contribution in [0.4, 0.5) is 0 Å². The van der Waals surface area contributed by atoms with E-state index in [9.17, 15) is 5.26 Å². The second kappa shape index (κ2) is 8.39. The van der Waals surface area contributed by atoms with Gasteiger partial charge in [-0.3, -0.25) is 0 Å². The molecule has 136 valence electrons. The minimum absolute atomic E-state index is 0.452. The number of nitriles is 1. The van der Waals surface area contributed by atoms with Crippen molar-refractivity contribution in [2.24, 2.45) is 0 Å². The van der Waals surface area contributed by atoms with E-state index in [1.807, 2.05) is 35.7 Å².